The normalized spacial score (nSPS) is 27.3. The predicted molar refractivity (Wildman–Crippen MR) is 47.7 cm³/mol. The summed E-state index contributed by atoms with van der Waals surface area (Å²) in [6.45, 7) is 0. The molecule has 0 saturated carbocycles. The standard InChI is InChI=1S/C10H11NO2/c11-7-9-4-2-1-3-8(9)5-6-10(12)13/h2,4-6,8-9H,1,3H2,(H,12,13)/b6-5+/t8-,9+/m0/s1. The molecule has 0 aromatic rings. The van der Waals surface area contributed by atoms with Gasteiger partial charge >= 0.3 is 5.97 Å². The van der Waals surface area contributed by atoms with Crippen molar-refractivity contribution in [2.45, 2.75) is 12.8 Å². The molecule has 3 nitrogen and oxygen atoms in total. The van der Waals surface area contributed by atoms with Crippen molar-refractivity contribution >= 4 is 5.97 Å². The lowest BCUT2D eigenvalue weighted by Gasteiger charge is -2.18. The third-order valence-corrected chi connectivity index (χ3v) is 2.11. The number of allylic oxidation sites excluding steroid dienone is 3. The first-order valence-electron chi connectivity index (χ1n) is 4.21. The van der Waals surface area contributed by atoms with E-state index in [1.807, 2.05) is 12.2 Å². The van der Waals surface area contributed by atoms with Crippen molar-refractivity contribution in [3.05, 3.63) is 24.3 Å². The summed E-state index contributed by atoms with van der Waals surface area (Å²) in [5, 5.41) is 17.2. The molecule has 0 aromatic heterocycles. The zero-order valence-electron chi connectivity index (χ0n) is 7.18. The smallest absolute Gasteiger partial charge is 0.327 e. The van der Waals surface area contributed by atoms with Gasteiger partial charge in [-0.3, -0.25) is 0 Å². The van der Waals surface area contributed by atoms with E-state index >= 15 is 0 Å². The highest BCUT2D eigenvalue weighted by atomic mass is 16.4. The first-order valence-corrected chi connectivity index (χ1v) is 4.21. The molecule has 0 unspecified atom stereocenters. The van der Waals surface area contributed by atoms with Gasteiger partial charge in [-0.15, -0.1) is 0 Å². The summed E-state index contributed by atoms with van der Waals surface area (Å²) in [5.41, 5.74) is 0. The minimum atomic E-state index is -0.953. The van der Waals surface area contributed by atoms with Gasteiger partial charge in [0.05, 0.1) is 12.0 Å². The van der Waals surface area contributed by atoms with E-state index in [2.05, 4.69) is 6.07 Å². The minimum absolute atomic E-state index is 0.0612. The van der Waals surface area contributed by atoms with Gasteiger partial charge in [0.1, 0.15) is 0 Å². The van der Waals surface area contributed by atoms with Gasteiger partial charge in [0.15, 0.2) is 0 Å². The molecule has 1 aliphatic carbocycles. The minimum Gasteiger partial charge on any atom is -0.478 e. The molecule has 0 spiro atoms. The number of nitrogens with zero attached hydrogens (tertiary/aromatic N) is 1. The van der Waals surface area contributed by atoms with Gasteiger partial charge in [-0.1, -0.05) is 18.2 Å². The second-order valence-corrected chi connectivity index (χ2v) is 3.02. The zero-order chi connectivity index (χ0) is 9.68. The number of carboxylic acid groups (broad SMARTS) is 1. The number of rotatable bonds is 2. The molecular formula is C10H11NO2. The highest BCUT2D eigenvalue weighted by Gasteiger charge is 2.18. The number of hydrogen-bond acceptors (Lipinski definition) is 2. The Balaban J connectivity index is 2.64. The van der Waals surface area contributed by atoms with Gasteiger partial charge in [-0.2, -0.15) is 5.26 Å². The summed E-state index contributed by atoms with van der Waals surface area (Å²) in [6.07, 6.45) is 8.33. The molecule has 0 fully saturated rings. The Morgan fingerprint density at radius 3 is 3.08 bits per heavy atom. The van der Waals surface area contributed by atoms with Gasteiger partial charge in [-0.05, 0) is 18.8 Å². The van der Waals surface area contributed by atoms with Gasteiger partial charge in [0, 0.05) is 6.08 Å². The summed E-state index contributed by atoms with van der Waals surface area (Å²) >= 11 is 0. The molecule has 68 valence electrons. The van der Waals surface area contributed by atoms with Crippen LogP contribution in [0, 0.1) is 23.2 Å². The number of hydrogen-bond donors (Lipinski definition) is 1. The molecular weight excluding hydrogens is 166 g/mol. The van der Waals surface area contributed by atoms with Crippen LogP contribution in [0.4, 0.5) is 0 Å². The van der Waals surface area contributed by atoms with Crippen molar-refractivity contribution in [3.63, 3.8) is 0 Å². The van der Waals surface area contributed by atoms with Crippen molar-refractivity contribution < 1.29 is 9.90 Å². The average molecular weight is 177 g/mol. The highest BCUT2D eigenvalue weighted by Crippen LogP contribution is 2.25. The first kappa shape index (κ1) is 9.53. The largest absolute Gasteiger partial charge is 0.478 e. The van der Waals surface area contributed by atoms with Crippen LogP contribution in [-0.2, 0) is 4.79 Å². The molecule has 0 heterocycles. The SMILES string of the molecule is N#C[C@H]1C=CCC[C@H]1/C=C/C(=O)O. The summed E-state index contributed by atoms with van der Waals surface area (Å²) < 4.78 is 0. The molecule has 13 heavy (non-hydrogen) atoms. The van der Waals surface area contributed by atoms with E-state index in [4.69, 9.17) is 10.4 Å². The summed E-state index contributed by atoms with van der Waals surface area (Å²) in [4.78, 5) is 10.2. The molecule has 1 N–H and O–H groups in total. The van der Waals surface area contributed by atoms with Gasteiger partial charge in [0.2, 0.25) is 0 Å². The van der Waals surface area contributed by atoms with Crippen molar-refractivity contribution in [2.75, 3.05) is 0 Å². The van der Waals surface area contributed by atoms with Crippen LogP contribution in [0.1, 0.15) is 12.8 Å². The van der Waals surface area contributed by atoms with Crippen LogP contribution in [0.2, 0.25) is 0 Å². The lowest BCUT2D eigenvalue weighted by molar-refractivity contribution is -0.131. The van der Waals surface area contributed by atoms with Gasteiger partial charge < -0.3 is 5.11 Å². The van der Waals surface area contributed by atoms with Crippen LogP contribution in [0.15, 0.2) is 24.3 Å². The van der Waals surface area contributed by atoms with Crippen LogP contribution in [0.25, 0.3) is 0 Å². The van der Waals surface area contributed by atoms with Crippen LogP contribution in [-0.4, -0.2) is 11.1 Å². The lowest BCUT2D eigenvalue weighted by Crippen LogP contribution is -2.12. The molecule has 0 radical (unpaired) electrons. The number of carboxylic acids is 1. The second kappa shape index (κ2) is 4.46. The van der Waals surface area contributed by atoms with Gasteiger partial charge in [-0.25, -0.2) is 4.79 Å². The quantitative estimate of drug-likeness (QED) is 0.516. The van der Waals surface area contributed by atoms with Crippen molar-refractivity contribution in [3.8, 4) is 6.07 Å². The molecule has 0 bridgehead atoms. The van der Waals surface area contributed by atoms with Crippen LogP contribution < -0.4 is 0 Å². The Morgan fingerprint density at radius 2 is 2.46 bits per heavy atom. The summed E-state index contributed by atoms with van der Waals surface area (Å²) in [6, 6.07) is 2.15. The van der Waals surface area contributed by atoms with Crippen molar-refractivity contribution in [1.29, 1.82) is 5.26 Å². The Labute approximate surface area is 77.0 Å². The fraction of sp³-hybridized carbons (Fsp3) is 0.400. The van der Waals surface area contributed by atoms with Crippen LogP contribution in [0.5, 0.6) is 0 Å². The molecule has 0 saturated heterocycles. The molecule has 1 aliphatic rings. The molecule has 1 rings (SSSR count). The van der Waals surface area contributed by atoms with Crippen molar-refractivity contribution in [2.24, 2.45) is 11.8 Å². The Bertz CT molecular complexity index is 286. The van der Waals surface area contributed by atoms with E-state index in [0.29, 0.717) is 0 Å². The topological polar surface area (TPSA) is 61.1 Å². The zero-order valence-corrected chi connectivity index (χ0v) is 7.18. The number of aliphatic carboxylic acids is 1. The monoisotopic (exact) mass is 177 g/mol. The average Bonchev–Trinajstić information content (AvgIpc) is 2.15. The maximum Gasteiger partial charge on any atom is 0.327 e. The number of nitriles is 1. The van der Waals surface area contributed by atoms with E-state index in [1.54, 1.807) is 6.08 Å². The first-order chi connectivity index (χ1) is 6.24. The Kier molecular flexibility index (Phi) is 3.27. The molecule has 0 aromatic carbocycles. The number of carbonyl (C=O) groups is 1. The summed E-state index contributed by atoms with van der Waals surface area (Å²) in [5.74, 6) is -1.05. The Hall–Kier alpha value is -1.56. The van der Waals surface area contributed by atoms with E-state index in [0.717, 1.165) is 18.9 Å². The predicted octanol–water partition coefficient (Wildman–Crippen LogP) is 1.73. The highest BCUT2D eigenvalue weighted by molar-refractivity contribution is 5.79. The van der Waals surface area contributed by atoms with E-state index in [1.165, 1.54) is 0 Å². The van der Waals surface area contributed by atoms with Crippen LogP contribution in [0.3, 0.4) is 0 Å². The van der Waals surface area contributed by atoms with Crippen molar-refractivity contribution in [1.82, 2.24) is 0 Å². The summed E-state index contributed by atoms with van der Waals surface area (Å²) in [7, 11) is 0. The third-order valence-electron chi connectivity index (χ3n) is 2.11. The Morgan fingerprint density at radius 1 is 1.69 bits per heavy atom. The van der Waals surface area contributed by atoms with E-state index in [9.17, 15) is 4.79 Å². The lowest BCUT2D eigenvalue weighted by atomic mass is 9.85. The fourth-order valence-corrected chi connectivity index (χ4v) is 1.41. The maximum atomic E-state index is 10.2. The van der Waals surface area contributed by atoms with E-state index < -0.39 is 5.97 Å². The molecule has 2 atom stereocenters. The van der Waals surface area contributed by atoms with Crippen LogP contribution >= 0.6 is 0 Å². The fourth-order valence-electron chi connectivity index (χ4n) is 1.41. The molecule has 0 aliphatic heterocycles. The maximum absolute atomic E-state index is 10.2. The molecule has 0 amide bonds. The third kappa shape index (κ3) is 2.75. The second-order valence-electron chi connectivity index (χ2n) is 3.02. The van der Waals surface area contributed by atoms with E-state index in [-0.39, 0.29) is 11.8 Å². The van der Waals surface area contributed by atoms with Gasteiger partial charge in [0.25, 0.3) is 0 Å². The molecule has 3 heteroatoms.